The lowest BCUT2D eigenvalue weighted by molar-refractivity contribution is 0.301. The largest absolute Gasteiger partial charge is 0.492 e. The lowest BCUT2D eigenvalue weighted by Crippen LogP contribution is -2.33. The summed E-state index contributed by atoms with van der Waals surface area (Å²) in [5, 5.41) is 16.4. The summed E-state index contributed by atoms with van der Waals surface area (Å²) in [6.45, 7) is 6.35. The first-order valence-corrected chi connectivity index (χ1v) is 7.03. The summed E-state index contributed by atoms with van der Waals surface area (Å²) in [5.41, 5.74) is 1.81. The number of aromatic nitrogens is 2. The minimum absolute atomic E-state index is 0.328. The van der Waals surface area contributed by atoms with Gasteiger partial charge >= 0.3 is 0 Å². The molecule has 110 valence electrons. The molecular weight excluding hydrogens is 264 g/mol. The van der Waals surface area contributed by atoms with Crippen LogP contribution in [0, 0.1) is 18.3 Å². The monoisotopic (exact) mass is 284 g/mol. The Morgan fingerprint density at radius 2 is 2.14 bits per heavy atom. The average Bonchev–Trinajstić information content (AvgIpc) is 2.89. The number of nitrogens with zero attached hydrogens (tertiary/aromatic N) is 3. The van der Waals surface area contributed by atoms with Gasteiger partial charge < -0.3 is 10.1 Å². The van der Waals surface area contributed by atoms with E-state index in [4.69, 9.17) is 10.00 Å². The van der Waals surface area contributed by atoms with E-state index in [2.05, 4.69) is 23.4 Å². The Balaban J connectivity index is 1.65. The summed E-state index contributed by atoms with van der Waals surface area (Å²) in [4.78, 5) is 0. The molecule has 0 aliphatic rings. The molecule has 5 heteroatoms. The van der Waals surface area contributed by atoms with Crippen LogP contribution in [0.15, 0.2) is 36.7 Å². The summed E-state index contributed by atoms with van der Waals surface area (Å²) >= 11 is 0. The van der Waals surface area contributed by atoms with Crippen LogP contribution >= 0.6 is 0 Å². The van der Waals surface area contributed by atoms with Crippen molar-refractivity contribution in [3.8, 4) is 11.8 Å². The van der Waals surface area contributed by atoms with Crippen LogP contribution in [0.5, 0.6) is 5.75 Å². The lowest BCUT2D eigenvalue weighted by Gasteiger charge is -2.14. The molecular formula is C16H20N4O. The number of benzene rings is 1. The second-order valence-electron chi connectivity index (χ2n) is 5.08. The molecule has 0 fully saturated rings. The molecule has 1 heterocycles. The first-order chi connectivity index (χ1) is 10.2. The van der Waals surface area contributed by atoms with E-state index in [1.165, 1.54) is 5.56 Å². The fourth-order valence-corrected chi connectivity index (χ4v) is 2.01. The zero-order chi connectivity index (χ0) is 15.1. The third-order valence-corrected chi connectivity index (χ3v) is 3.07. The Hall–Kier alpha value is -2.32. The number of ether oxygens (including phenoxy) is 1. The third kappa shape index (κ3) is 4.93. The van der Waals surface area contributed by atoms with Crippen LogP contribution in [0.25, 0.3) is 0 Å². The van der Waals surface area contributed by atoms with Crippen molar-refractivity contribution in [2.75, 3.05) is 13.2 Å². The molecule has 1 N–H and O–H groups in total. The Morgan fingerprint density at radius 1 is 1.38 bits per heavy atom. The normalized spacial score (nSPS) is 11.9. The van der Waals surface area contributed by atoms with Gasteiger partial charge in [-0.2, -0.15) is 10.4 Å². The van der Waals surface area contributed by atoms with E-state index >= 15 is 0 Å². The van der Waals surface area contributed by atoms with Gasteiger partial charge in [-0.25, -0.2) is 0 Å². The van der Waals surface area contributed by atoms with Gasteiger partial charge in [-0.3, -0.25) is 4.68 Å². The quantitative estimate of drug-likeness (QED) is 0.791. The number of hydrogen-bond donors (Lipinski definition) is 1. The molecule has 0 radical (unpaired) electrons. The van der Waals surface area contributed by atoms with Crippen LogP contribution < -0.4 is 10.1 Å². The maximum absolute atomic E-state index is 8.72. The van der Waals surface area contributed by atoms with Crippen molar-refractivity contribution in [1.82, 2.24) is 15.1 Å². The maximum atomic E-state index is 8.72. The van der Waals surface area contributed by atoms with Crippen LogP contribution in [-0.2, 0) is 6.54 Å². The fourth-order valence-electron chi connectivity index (χ4n) is 2.01. The maximum Gasteiger partial charge on any atom is 0.119 e. The van der Waals surface area contributed by atoms with E-state index in [9.17, 15) is 0 Å². The summed E-state index contributed by atoms with van der Waals surface area (Å²) in [6, 6.07) is 9.55. The van der Waals surface area contributed by atoms with Gasteiger partial charge in [0, 0.05) is 18.8 Å². The van der Waals surface area contributed by atoms with Crippen molar-refractivity contribution >= 4 is 0 Å². The molecule has 5 nitrogen and oxygen atoms in total. The van der Waals surface area contributed by atoms with Crippen LogP contribution in [0.3, 0.4) is 0 Å². The molecule has 1 aromatic carbocycles. The van der Waals surface area contributed by atoms with Crippen molar-refractivity contribution in [2.24, 2.45) is 0 Å². The van der Waals surface area contributed by atoms with Gasteiger partial charge in [0.05, 0.1) is 24.4 Å². The molecule has 1 atom stereocenters. The number of hydrogen-bond acceptors (Lipinski definition) is 4. The molecule has 0 aliphatic heterocycles. The number of nitriles is 1. The predicted octanol–water partition coefficient (Wildman–Crippen LogP) is 2.12. The van der Waals surface area contributed by atoms with Gasteiger partial charge in [0.25, 0.3) is 0 Å². The highest BCUT2D eigenvalue weighted by Crippen LogP contribution is 2.10. The van der Waals surface area contributed by atoms with Crippen molar-refractivity contribution in [2.45, 2.75) is 26.4 Å². The summed E-state index contributed by atoms with van der Waals surface area (Å²) < 4.78 is 7.55. The van der Waals surface area contributed by atoms with Crippen LogP contribution in [-0.4, -0.2) is 29.0 Å². The molecule has 1 unspecified atom stereocenters. The first kappa shape index (κ1) is 15.1. The molecule has 1 aromatic heterocycles. The second kappa shape index (κ2) is 7.46. The lowest BCUT2D eigenvalue weighted by atomic mass is 10.2. The Bertz CT molecular complexity index is 597. The fraction of sp³-hybridized carbons (Fsp3) is 0.375. The molecule has 0 spiro atoms. The molecule has 21 heavy (non-hydrogen) atoms. The standard InChI is InChI=1S/C16H20N4O/c1-13-10-19-20(11-13)12-14(2)18-7-8-21-16-5-3-15(9-17)4-6-16/h3-6,10-11,14,18H,7-8,12H2,1-2H3. The van der Waals surface area contributed by atoms with E-state index in [0.29, 0.717) is 18.2 Å². The first-order valence-electron chi connectivity index (χ1n) is 7.03. The van der Waals surface area contributed by atoms with Crippen molar-refractivity contribution in [3.05, 3.63) is 47.8 Å². The summed E-state index contributed by atoms with van der Waals surface area (Å²) in [7, 11) is 0. The van der Waals surface area contributed by atoms with Crippen LogP contribution in [0.2, 0.25) is 0 Å². The van der Waals surface area contributed by atoms with E-state index in [1.807, 2.05) is 36.1 Å². The third-order valence-electron chi connectivity index (χ3n) is 3.07. The zero-order valence-electron chi connectivity index (χ0n) is 12.4. The SMILES string of the molecule is Cc1cnn(CC(C)NCCOc2ccc(C#N)cc2)c1. The van der Waals surface area contributed by atoms with Crippen LogP contribution in [0.4, 0.5) is 0 Å². The molecule has 0 bridgehead atoms. The van der Waals surface area contributed by atoms with Gasteiger partial charge in [-0.05, 0) is 43.7 Å². The van der Waals surface area contributed by atoms with Gasteiger partial charge in [0.15, 0.2) is 0 Å². The summed E-state index contributed by atoms with van der Waals surface area (Å²) in [6.07, 6.45) is 3.89. The van der Waals surface area contributed by atoms with Gasteiger partial charge in [-0.1, -0.05) is 0 Å². The van der Waals surface area contributed by atoms with Crippen molar-refractivity contribution in [3.63, 3.8) is 0 Å². The minimum Gasteiger partial charge on any atom is -0.492 e. The Morgan fingerprint density at radius 3 is 2.76 bits per heavy atom. The molecule has 0 amide bonds. The highest BCUT2D eigenvalue weighted by atomic mass is 16.5. The van der Waals surface area contributed by atoms with Crippen molar-refractivity contribution in [1.29, 1.82) is 5.26 Å². The predicted molar refractivity (Wildman–Crippen MR) is 81.1 cm³/mol. The van der Waals surface area contributed by atoms with Crippen molar-refractivity contribution < 1.29 is 4.74 Å². The average molecular weight is 284 g/mol. The zero-order valence-corrected chi connectivity index (χ0v) is 12.4. The van der Waals surface area contributed by atoms with Gasteiger partial charge in [-0.15, -0.1) is 0 Å². The van der Waals surface area contributed by atoms with E-state index < -0.39 is 0 Å². The molecule has 0 aliphatic carbocycles. The number of nitrogens with one attached hydrogen (secondary N) is 1. The van der Waals surface area contributed by atoms with E-state index in [1.54, 1.807) is 12.1 Å². The highest BCUT2D eigenvalue weighted by molar-refractivity contribution is 5.34. The number of rotatable bonds is 7. The van der Waals surface area contributed by atoms with Crippen LogP contribution in [0.1, 0.15) is 18.1 Å². The van der Waals surface area contributed by atoms with Gasteiger partial charge in [0.1, 0.15) is 12.4 Å². The second-order valence-corrected chi connectivity index (χ2v) is 5.08. The van der Waals surface area contributed by atoms with E-state index in [0.717, 1.165) is 18.8 Å². The molecule has 0 saturated carbocycles. The molecule has 2 rings (SSSR count). The summed E-state index contributed by atoms with van der Waals surface area (Å²) in [5.74, 6) is 0.783. The smallest absolute Gasteiger partial charge is 0.119 e. The minimum atomic E-state index is 0.328. The van der Waals surface area contributed by atoms with E-state index in [-0.39, 0.29) is 0 Å². The molecule has 2 aromatic rings. The highest BCUT2D eigenvalue weighted by Gasteiger charge is 2.03. The molecule has 0 saturated heterocycles. The number of aryl methyl sites for hydroxylation is 1. The topological polar surface area (TPSA) is 62.9 Å². The Labute approximate surface area is 125 Å². The Kier molecular flexibility index (Phi) is 5.35. The van der Waals surface area contributed by atoms with Gasteiger partial charge in [0.2, 0.25) is 0 Å².